The predicted octanol–water partition coefficient (Wildman–Crippen LogP) is 4.90. The van der Waals surface area contributed by atoms with Gasteiger partial charge in [-0.2, -0.15) is 0 Å². The molecule has 4 nitrogen and oxygen atoms in total. The van der Waals surface area contributed by atoms with E-state index in [0.717, 1.165) is 10.2 Å². The van der Waals surface area contributed by atoms with Gasteiger partial charge in [0.1, 0.15) is 5.82 Å². The highest BCUT2D eigenvalue weighted by molar-refractivity contribution is 9.10. The predicted molar refractivity (Wildman–Crippen MR) is 93.9 cm³/mol. The first-order chi connectivity index (χ1) is 10.7. The maximum atomic E-state index is 11.9. The molecule has 0 fully saturated rings. The summed E-state index contributed by atoms with van der Waals surface area (Å²) in [6.07, 6.45) is 1.63. The van der Waals surface area contributed by atoms with Crippen LogP contribution in [0.1, 0.15) is 9.67 Å². The molecule has 110 valence electrons. The zero-order valence-corrected chi connectivity index (χ0v) is 13.8. The van der Waals surface area contributed by atoms with Crippen molar-refractivity contribution in [2.45, 2.75) is 0 Å². The van der Waals surface area contributed by atoms with Gasteiger partial charge in [0.2, 0.25) is 0 Å². The van der Waals surface area contributed by atoms with Crippen LogP contribution in [0.5, 0.6) is 0 Å². The van der Waals surface area contributed by atoms with Crippen LogP contribution in [-0.4, -0.2) is 10.9 Å². The number of rotatable bonds is 4. The summed E-state index contributed by atoms with van der Waals surface area (Å²) < 4.78 is 0.965. The van der Waals surface area contributed by atoms with E-state index in [1.807, 2.05) is 47.8 Å². The van der Waals surface area contributed by atoms with Crippen molar-refractivity contribution >= 4 is 50.4 Å². The number of halogens is 1. The number of amides is 1. The van der Waals surface area contributed by atoms with Crippen molar-refractivity contribution < 1.29 is 4.79 Å². The fraction of sp³-hybridized carbons (Fsp3) is 0. The fourth-order valence-corrected chi connectivity index (χ4v) is 2.85. The van der Waals surface area contributed by atoms with E-state index in [2.05, 4.69) is 31.5 Å². The van der Waals surface area contributed by atoms with E-state index < -0.39 is 0 Å². The SMILES string of the molecule is O=C(Nc1ccc(Nc2ccccc2Br)nc1)c1cccs1. The third-order valence-corrected chi connectivity index (χ3v) is 4.46. The van der Waals surface area contributed by atoms with Crippen molar-refractivity contribution in [2.75, 3.05) is 10.6 Å². The third-order valence-electron chi connectivity index (χ3n) is 2.90. The monoisotopic (exact) mass is 373 g/mol. The van der Waals surface area contributed by atoms with Crippen LogP contribution in [0.4, 0.5) is 17.2 Å². The Bertz CT molecular complexity index is 772. The number of hydrogen-bond donors (Lipinski definition) is 2. The maximum Gasteiger partial charge on any atom is 0.265 e. The zero-order chi connectivity index (χ0) is 15.4. The molecule has 0 aliphatic carbocycles. The molecule has 2 heterocycles. The van der Waals surface area contributed by atoms with Crippen LogP contribution in [0, 0.1) is 0 Å². The number of anilines is 3. The Morgan fingerprint density at radius 1 is 1.09 bits per heavy atom. The first kappa shape index (κ1) is 14.7. The number of hydrogen-bond acceptors (Lipinski definition) is 4. The highest BCUT2D eigenvalue weighted by Crippen LogP contribution is 2.24. The number of para-hydroxylation sites is 1. The van der Waals surface area contributed by atoms with Gasteiger partial charge in [0.25, 0.3) is 5.91 Å². The molecule has 0 aliphatic rings. The molecule has 22 heavy (non-hydrogen) atoms. The van der Waals surface area contributed by atoms with E-state index in [4.69, 9.17) is 0 Å². The highest BCUT2D eigenvalue weighted by Gasteiger charge is 2.07. The van der Waals surface area contributed by atoms with Gasteiger partial charge in [-0.05, 0) is 51.6 Å². The highest BCUT2D eigenvalue weighted by atomic mass is 79.9. The van der Waals surface area contributed by atoms with Crippen LogP contribution in [0.25, 0.3) is 0 Å². The summed E-state index contributed by atoms with van der Waals surface area (Å²) in [5.41, 5.74) is 1.60. The molecule has 0 saturated heterocycles. The van der Waals surface area contributed by atoms with Crippen LogP contribution < -0.4 is 10.6 Å². The topological polar surface area (TPSA) is 54.0 Å². The molecule has 3 aromatic rings. The number of pyridine rings is 1. The minimum atomic E-state index is -0.122. The molecule has 1 amide bonds. The van der Waals surface area contributed by atoms with Crippen LogP contribution >= 0.6 is 27.3 Å². The molecule has 0 saturated carbocycles. The summed E-state index contributed by atoms with van der Waals surface area (Å²) in [6.45, 7) is 0. The van der Waals surface area contributed by atoms with Crippen LogP contribution in [0.15, 0.2) is 64.6 Å². The number of aromatic nitrogens is 1. The Morgan fingerprint density at radius 2 is 1.95 bits per heavy atom. The molecule has 1 aromatic carbocycles. The number of benzene rings is 1. The number of thiophene rings is 1. The number of nitrogens with zero attached hydrogens (tertiary/aromatic N) is 1. The lowest BCUT2D eigenvalue weighted by Gasteiger charge is -2.08. The number of carbonyl (C=O) groups is 1. The molecule has 6 heteroatoms. The van der Waals surface area contributed by atoms with Gasteiger partial charge in [-0.3, -0.25) is 4.79 Å². The average molecular weight is 374 g/mol. The molecular formula is C16H12BrN3OS. The van der Waals surface area contributed by atoms with Crippen LogP contribution in [0.2, 0.25) is 0 Å². The average Bonchev–Trinajstić information content (AvgIpc) is 3.06. The second-order valence-electron chi connectivity index (χ2n) is 4.47. The molecule has 0 radical (unpaired) electrons. The van der Waals surface area contributed by atoms with Crippen molar-refractivity contribution in [2.24, 2.45) is 0 Å². The first-order valence-electron chi connectivity index (χ1n) is 6.55. The largest absolute Gasteiger partial charge is 0.339 e. The van der Waals surface area contributed by atoms with Gasteiger partial charge in [-0.25, -0.2) is 4.98 Å². The standard InChI is InChI=1S/C16H12BrN3OS/c17-12-4-1-2-5-13(12)20-15-8-7-11(10-18-15)19-16(21)14-6-3-9-22-14/h1-10H,(H,18,20)(H,19,21). The van der Waals surface area contributed by atoms with E-state index in [1.165, 1.54) is 11.3 Å². The van der Waals surface area contributed by atoms with Crippen molar-refractivity contribution in [3.8, 4) is 0 Å². The second-order valence-corrected chi connectivity index (χ2v) is 6.27. The van der Waals surface area contributed by atoms with Crippen LogP contribution in [0.3, 0.4) is 0 Å². The van der Waals surface area contributed by atoms with Gasteiger partial charge in [0.05, 0.1) is 22.4 Å². The summed E-state index contributed by atoms with van der Waals surface area (Å²) >= 11 is 4.88. The normalized spacial score (nSPS) is 10.2. The van der Waals surface area contributed by atoms with E-state index in [0.29, 0.717) is 16.4 Å². The molecule has 0 atom stereocenters. The lowest BCUT2D eigenvalue weighted by molar-refractivity contribution is 0.103. The minimum absolute atomic E-state index is 0.122. The molecule has 0 bridgehead atoms. The lowest BCUT2D eigenvalue weighted by Crippen LogP contribution is -2.10. The molecular weight excluding hydrogens is 362 g/mol. The van der Waals surface area contributed by atoms with E-state index in [9.17, 15) is 4.79 Å². The van der Waals surface area contributed by atoms with Gasteiger partial charge in [0.15, 0.2) is 0 Å². The van der Waals surface area contributed by atoms with Gasteiger partial charge in [-0.1, -0.05) is 18.2 Å². The van der Waals surface area contributed by atoms with E-state index >= 15 is 0 Å². The third kappa shape index (κ3) is 3.52. The fourth-order valence-electron chi connectivity index (χ4n) is 1.84. The van der Waals surface area contributed by atoms with Crippen molar-refractivity contribution in [1.29, 1.82) is 0 Å². The Balaban J connectivity index is 1.68. The summed E-state index contributed by atoms with van der Waals surface area (Å²) in [5.74, 6) is 0.587. The Kier molecular flexibility index (Phi) is 4.50. The Labute approximate surface area is 140 Å². The van der Waals surface area contributed by atoms with Crippen molar-refractivity contribution in [3.05, 3.63) is 69.5 Å². The Morgan fingerprint density at radius 3 is 2.64 bits per heavy atom. The smallest absolute Gasteiger partial charge is 0.265 e. The van der Waals surface area contributed by atoms with Crippen LogP contribution in [-0.2, 0) is 0 Å². The zero-order valence-electron chi connectivity index (χ0n) is 11.4. The number of nitrogens with one attached hydrogen (secondary N) is 2. The lowest BCUT2D eigenvalue weighted by atomic mass is 10.3. The molecule has 0 unspecified atom stereocenters. The minimum Gasteiger partial charge on any atom is -0.339 e. The van der Waals surface area contributed by atoms with E-state index in [1.54, 1.807) is 12.3 Å². The second kappa shape index (κ2) is 6.72. The van der Waals surface area contributed by atoms with Gasteiger partial charge in [-0.15, -0.1) is 11.3 Å². The van der Waals surface area contributed by atoms with E-state index in [-0.39, 0.29) is 5.91 Å². The molecule has 2 aromatic heterocycles. The summed E-state index contributed by atoms with van der Waals surface area (Å²) in [6, 6.07) is 15.1. The quantitative estimate of drug-likeness (QED) is 0.683. The first-order valence-corrected chi connectivity index (χ1v) is 8.22. The summed E-state index contributed by atoms with van der Waals surface area (Å²) in [5, 5.41) is 7.90. The molecule has 3 rings (SSSR count). The molecule has 0 aliphatic heterocycles. The summed E-state index contributed by atoms with van der Waals surface area (Å²) in [7, 11) is 0. The van der Waals surface area contributed by atoms with Crippen molar-refractivity contribution in [3.63, 3.8) is 0 Å². The van der Waals surface area contributed by atoms with Gasteiger partial charge in [0, 0.05) is 4.47 Å². The Hall–Kier alpha value is -2.18. The van der Waals surface area contributed by atoms with Gasteiger partial charge < -0.3 is 10.6 Å². The molecule has 0 spiro atoms. The summed E-state index contributed by atoms with van der Waals surface area (Å²) in [4.78, 5) is 16.9. The molecule has 2 N–H and O–H groups in total. The number of carbonyl (C=O) groups excluding carboxylic acids is 1. The van der Waals surface area contributed by atoms with Gasteiger partial charge >= 0.3 is 0 Å². The van der Waals surface area contributed by atoms with Crippen molar-refractivity contribution in [1.82, 2.24) is 4.98 Å². The maximum absolute atomic E-state index is 11.9.